The summed E-state index contributed by atoms with van der Waals surface area (Å²) >= 11 is 0. The first-order valence-electron chi connectivity index (χ1n) is 7.37. The van der Waals surface area contributed by atoms with Crippen molar-refractivity contribution in [3.05, 3.63) is 0 Å². The Morgan fingerprint density at radius 1 is 1.33 bits per heavy atom. The second-order valence-electron chi connectivity index (χ2n) is 5.78. The fourth-order valence-electron chi connectivity index (χ4n) is 3.40. The summed E-state index contributed by atoms with van der Waals surface area (Å²) in [6.45, 7) is 6.05. The molecule has 2 N–H and O–H groups in total. The van der Waals surface area contributed by atoms with Crippen molar-refractivity contribution in [3.8, 4) is 0 Å². The first kappa shape index (κ1) is 13.8. The summed E-state index contributed by atoms with van der Waals surface area (Å²) < 4.78 is 0. The van der Waals surface area contributed by atoms with Crippen LogP contribution in [0.1, 0.15) is 52.4 Å². The van der Waals surface area contributed by atoms with Gasteiger partial charge in [0, 0.05) is 12.1 Å². The van der Waals surface area contributed by atoms with Crippen molar-refractivity contribution in [2.75, 3.05) is 13.1 Å². The average Bonchev–Trinajstić information content (AvgIpc) is 3.08. The molecule has 0 saturated heterocycles. The molecule has 4 heteroatoms. The van der Waals surface area contributed by atoms with Crippen molar-refractivity contribution in [2.45, 2.75) is 70.0 Å². The van der Waals surface area contributed by atoms with Gasteiger partial charge in [0.05, 0.1) is 0 Å². The van der Waals surface area contributed by atoms with Gasteiger partial charge in [0.25, 0.3) is 0 Å². The van der Waals surface area contributed by atoms with E-state index in [4.69, 9.17) is 0 Å². The highest BCUT2D eigenvalue weighted by atomic mass is 16.4. The van der Waals surface area contributed by atoms with Gasteiger partial charge < -0.3 is 10.4 Å². The third-order valence-electron chi connectivity index (χ3n) is 4.38. The van der Waals surface area contributed by atoms with Gasteiger partial charge >= 0.3 is 5.97 Å². The number of nitrogens with zero attached hydrogens (tertiary/aromatic N) is 1. The molecule has 0 aliphatic heterocycles. The molecule has 18 heavy (non-hydrogen) atoms. The largest absolute Gasteiger partial charge is 0.480 e. The van der Waals surface area contributed by atoms with Crippen LogP contribution in [-0.2, 0) is 4.79 Å². The number of rotatable bonds is 7. The van der Waals surface area contributed by atoms with Crippen LogP contribution < -0.4 is 5.32 Å². The van der Waals surface area contributed by atoms with Gasteiger partial charge in [-0.1, -0.05) is 13.8 Å². The lowest BCUT2D eigenvalue weighted by molar-refractivity contribution is -0.144. The maximum atomic E-state index is 11.5. The van der Waals surface area contributed by atoms with Crippen LogP contribution >= 0.6 is 0 Å². The molecule has 2 aliphatic rings. The SMILES string of the molecule is CCCN(C1CC1)C1CCC(NCC)(C(=O)O)C1. The Hall–Kier alpha value is -0.610. The predicted molar refractivity (Wildman–Crippen MR) is 71.7 cm³/mol. The molecule has 0 bridgehead atoms. The van der Waals surface area contributed by atoms with Gasteiger partial charge in [-0.25, -0.2) is 0 Å². The monoisotopic (exact) mass is 254 g/mol. The number of carboxylic acids is 1. The molecule has 0 spiro atoms. The van der Waals surface area contributed by atoms with Crippen molar-refractivity contribution in [3.63, 3.8) is 0 Å². The molecule has 2 atom stereocenters. The molecule has 2 unspecified atom stereocenters. The Balaban J connectivity index is 2.02. The van der Waals surface area contributed by atoms with Gasteiger partial charge in [0.1, 0.15) is 5.54 Å². The third-order valence-corrected chi connectivity index (χ3v) is 4.38. The van der Waals surface area contributed by atoms with Gasteiger partial charge in [-0.15, -0.1) is 0 Å². The van der Waals surface area contributed by atoms with Crippen molar-refractivity contribution < 1.29 is 9.90 Å². The van der Waals surface area contributed by atoms with Crippen LogP contribution in [0.4, 0.5) is 0 Å². The van der Waals surface area contributed by atoms with Gasteiger partial charge in [-0.3, -0.25) is 9.69 Å². The van der Waals surface area contributed by atoms with Crippen LogP contribution in [0.5, 0.6) is 0 Å². The van der Waals surface area contributed by atoms with E-state index in [0.717, 1.165) is 44.8 Å². The summed E-state index contributed by atoms with van der Waals surface area (Å²) in [4.78, 5) is 14.1. The molecule has 104 valence electrons. The summed E-state index contributed by atoms with van der Waals surface area (Å²) in [5.41, 5.74) is -0.666. The van der Waals surface area contributed by atoms with Crippen LogP contribution in [-0.4, -0.2) is 46.7 Å². The number of carbonyl (C=O) groups is 1. The minimum absolute atomic E-state index is 0.465. The molecular formula is C14H26N2O2. The highest BCUT2D eigenvalue weighted by Crippen LogP contribution is 2.38. The van der Waals surface area contributed by atoms with Crippen molar-refractivity contribution >= 4 is 5.97 Å². The zero-order valence-electron chi connectivity index (χ0n) is 11.6. The molecule has 4 nitrogen and oxygen atoms in total. The van der Waals surface area contributed by atoms with E-state index in [1.54, 1.807) is 0 Å². The van der Waals surface area contributed by atoms with E-state index in [0.29, 0.717) is 6.04 Å². The van der Waals surface area contributed by atoms with Crippen LogP contribution in [0.3, 0.4) is 0 Å². The molecule has 2 saturated carbocycles. The second-order valence-corrected chi connectivity index (χ2v) is 5.78. The standard InChI is InChI=1S/C14H26N2O2/c1-3-9-16(11-5-6-11)12-7-8-14(10-12,13(17)18)15-4-2/h11-12,15H,3-10H2,1-2H3,(H,17,18). The Kier molecular flexibility index (Phi) is 4.28. The van der Waals surface area contributed by atoms with E-state index in [1.165, 1.54) is 12.8 Å². The second kappa shape index (κ2) is 5.57. The lowest BCUT2D eigenvalue weighted by Crippen LogP contribution is -2.51. The molecule has 2 rings (SSSR count). The van der Waals surface area contributed by atoms with Gasteiger partial charge in [-0.05, 0) is 51.6 Å². The minimum Gasteiger partial charge on any atom is -0.480 e. The van der Waals surface area contributed by atoms with Gasteiger partial charge in [0.2, 0.25) is 0 Å². The number of hydrogen-bond acceptors (Lipinski definition) is 3. The summed E-state index contributed by atoms with van der Waals surface area (Å²) in [7, 11) is 0. The number of nitrogens with one attached hydrogen (secondary N) is 1. The highest BCUT2D eigenvalue weighted by Gasteiger charge is 2.48. The lowest BCUT2D eigenvalue weighted by Gasteiger charge is -2.31. The number of carboxylic acid groups (broad SMARTS) is 1. The molecule has 0 aromatic carbocycles. The molecule has 2 aliphatic carbocycles. The molecule has 0 amide bonds. The minimum atomic E-state index is -0.668. The highest BCUT2D eigenvalue weighted by molar-refractivity contribution is 5.79. The Bertz CT molecular complexity index is 304. The van der Waals surface area contributed by atoms with Crippen molar-refractivity contribution in [2.24, 2.45) is 0 Å². The fourth-order valence-corrected chi connectivity index (χ4v) is 3.40. The zero-order chi connectivity index (χ0) is 13.2. The molecular weight excluding hydrogens is 228 g/mol. The molecule has 0 heterocycles. The van der Waals surface area contributed by atoms with Crippen LogP contribution in [0.2, 0.25) is 0 Å². The summed E-state index contributed by atoms with van der Waals surface area (Å²) in [6, 6.07) is 1.20. The molecule has 0 radical (unpaired) electrons. The summed E-state index contributed by atoms with van der Waals surface area (Å²) in [5.74, 6) is -0.668. The number of aliphatic carboxylic acids is 1. The zero-order valence-corrected chi connectivity index (χ0v) is 11.6. The quantitative estimate of drug-likeness (QED) is 0.728. The van der Waals surface area contributed by atoms with E-state index in [-0.39, 0.29) is 0 Å². The first-order chi connectivity index (χ1) is 8.63. The molecule has 0 aromatic rings. The van der Waals surface area contributed by atoms with E-state index in [1.807, 2.05) is 6.92 Å². The van der Waals surface area contributed by atoms with Crippen molar-refractivity contribution in [1.29, 1.82) is 0 Å². The molecule has 2 fully saturated rings. The lowest BCUT2D eigenvalue weighted by atomic mass is 9.97. The van der Waals surface area contributed by atoms with Gasteiger partial charge in [-0.2, -0.15) is 0 Å². The Morgan fingerprint density at radius 3 is 2.56 bits per heavy atom. The summed E-state index contributed by atoms with van der Waals surface area (Å²) in [6.07, 6.45) is 6.33. The first-order valence-corrected chi connectivity index (χ1v) is 7.37. The number of likely N-dealkylation sites (N-methyl/N-ethyl adjacent to an activating group) is 1. The predicted octanol–water partition coefficient (Wildman–Crippen LogP) is 1.85. The third kappa shape index (κ3) is 2.69. The van der Waals surface area contributed by atoms with Crippen LogP contribution in [0, 0.1) is 0 Å². The van der Waals surface area contributed by atoms with E-state index >= 15 is 0 Å². The average molecular weight is 254 g/mol. The fraction of sp³-hybridized carbons (Fsp3) is 0.929. The van der Waals surface area contributed by atoms with Crippen LogP contribution in [0.15, 0.2) is 0 Å². The Morgan fingerprint density at radius 2 is 2.06 bits per heavy atom. The Labute approximate surface area is 110 Å². The normalized spacial score (nSPS) is 32.1. The maximum absolute atomic E-state index is 11.5. The van der Waals surface area contributed by atoms with E-state index < -0.39 is 11.5 Å². The maximum Gasteiger partial charge on any atom is 0.323 e. The summed E-state index contributed by atoms with van der Waals surface area (Å²) in [5, 5.41) is 12.7. The van der Waals surface area contributed by atoms with Gasteiger partial charge in [0.15, 0.2) is 0 Å². The topological polar surface area (TPSA) is 52.6 Å². The van der Waals surface area contributed by atoms with Crippen LogP contribution in [0.25, 0.3) is 0 Å². The smallest absolute Gasteiger partial charge is 0.323 e. The van der Waals surface area contributed by atoms with E-state index in [2.05, 4.69) is 17.1 Å². The molecule has 0 aromatic heterocycles. The van der Waals surface area contributed by atoms with E-state index in [9.17, 15) is 9.90 Å². The number of hydrogen-bond donors (Lipinski definition) is 2. The van der Waals surface area contributed by atoms with Crippen molar-refractivity contribution in [1.82, 2.24) is 10.2 Å².